The fourth-order valence-electron chi connectivity index (χ4n) is 2.36. The highest BCUT2D eigenvalue weighted by molar-refractivity contribution is 7.49. The zero-order valence-electron chi connectivity index (χ0n) is 14.6. The number of rotatable bonds is 3. The van der Waals surface area contributed by atoms with Crippen LogP contribution in [0, 0.1) is 0 Å². The van der Waals surface area contributed by atoms with Crippen LogP contribution in [0.2, 0.25) is 0 Å². The summed E-state index contributed by atoms with van der Waals surface area (Å²) >= 11 is 0. The van der Waals surface area contributed by atoms with E-state index in [1.54, 1.807) is 0 Å². The van der Waals surface area contributed by atoms with Gasteiger partial charge in [-0.05, 0) is 32.0 Å². The van der Waals surface area contributed by atoms with Gasteiger partial charge in [0.25, 0.3) is 0 Å². The maximum absolute atomic E-state index is 2.30. The lowest BCUT2D eigenvalue weighted by atomic mass is 10.1. The summed E-state index contributed by atoms with van der Waals surface area (Å²) in [5, 5.41) is 3.64. The van der Waals surface area contributed by atoms with Crippen LogP contribution in [0.1, 0.15) is 41.5 Å². The highest BCUT2D eigenvalue weighted by Crippen LogP contribution is 2.31. The van der Waals surface area contributed by atoms with Gasteiger partial charge in [0, 0.05) is 0 Å². The standard InChI is InChI=1S/C20H28P2/c1-19(2,3)21-17-11-7-15(8-12-17)16-9-13-18(14-10-16)22-20(4,5)6/h7-14,21-22H,1-6H3. The first-order valence-electron chi connectivity index (χ1n) is 7.89. The second-order valence-electron chi connectivity index (χ2n) is 7.90. The molecular weight excluding hydrogens is 302 g/mol. The van der Waals surface area contributed by atoms with E-state index < -0.39 is 0 Å². The van der Waals surface area contributed by atoms with Gasteiger partial charge in [-0.1, -0.05) is 107 Å². The molecule has 0 nitrogen and oxygen atoms in total. The molecule has 2 heteroatoms. The van der Waals surface area contributed by atoms with Crippen molar-refractivity contribution in [2.24, 2.45) is 0 Å². The molecular formula is C20H28P2. The Balaban J connectivity index is 2.12. The van der Waals surface area contributed by atoms with E-state index >= 15 is 0 Å². The summed E-state index contributed by atoms with van der Waals surface area (Å²) in [5.74, 6) is 0. The van der Waals surface area contributed by atoms with Gasteiger partial charge < -0.3 is 0 Å². The lowest BCUT2D eigenvalue weighted by molar-refractivity contribution is 0.799. The Morgan fingerprint density at radius 3 is 1.00 bits per heavy atom. The van der Waals surface area contributed by atoms with Crippen LogP contribution in [-0.4, -0.2) is 10.3 Å². The lowest BCUT2D eigenvalue weighted by Gasteiger charge is -2.19. The Labute approximate surface area is 139 Å². The third kappa shape index (κ3) is 5.83. The normalized spacial score (nSPS) is 13.5. The van der Waals surface area contributed by atoms with Crippen LogP contribution >= 0.6 is 17.2 Å². The summed E-state index contributed by atoms with van der Waals surface area (Å²) < 4.78 is 0. The van der Waals surface area contributed by atoms with Crippen molar-refractivity contribution in [3.63, 3.8) is 0 Å². The molecule has 0 spiro atoms. The van der Waals surface area contributed by atoms with Crippen molar-refractivity contribution in [3.05, 3.63) is 48.5 Å². The Morgan fingerprint density at radius 1 is 0.500 bits per heavy atom. The van der Waals surface area contributed by atoms with Gasteiger partial charge in [-0.3, -0.25) is 0 Å². The van der Waals surface area contributed by atoms with E-state index in [4.69, 9.17) is 0 Å². The molecule has 0 aliphatic rings. The Hall–Kier alpha value is -0.700. The molecule has 118 valence electrons. The molecule has 0 N–H and O–H groups in total. The lowest BCUT2D eigenvalue weighted by Crippen LogP contribution is -2.11. The maximum Gasteiger partial charge on any atom is -0.0166 e. The Morgan fingerprint density at radius 2 is 0.773 bits per heavy atom. The van der Waals surface area contributed by atoms with Crippen LogP contribution in [0.25, 0.3) is 11.1 Å². The minimum absolute atomic E-state index is 0.372. The summed E-state index contributed by atoms with van der Waals surface area (Å²) in [4.78, 5) is 0. The monoisotopic (exact) mass is 330 g/mol. The molecule has 0 saturated heterocycles. The SMILES string of the molecule is CC(C)(C)Pc1ccc(-c2ccc(PC(C)(C)C)cc2)cc1. The molecule has 0 aliphatic carbocycles. The van der Waals surface area contributed by atoms with E-state index in [0.29, 0.717) is 10.3 Å². The average Bonchev–Trinajstić information content (AvgIpc) is 2.37. The first-order chi connectivity index (χ1) is 10.1. The topological polar surface area (TPSA) is 0 Å². The van der Waals surface area contributed by atoms with Crippen LogP contribution in [0.5, 0.6) is 0 Å². The predicted octanol–water partition coefficient (Wildman–Crippen LogP) is 5.56. The fourth-order valence-corrected chi connectivity index (χ4v) is 4.76. The molecule has 0 amide bonds. The van der Waals surface area contributed by atoms with E-state index in [2.05, 4.69) is 90.1 Å². The third-order valence-electron chi connectivity index (χ3n) is 3.14. The quantitative estimate of drug-likeness (QED) is 0.647. The van der Waals surface area contributed by atoms with Crippen molar-refractivity contribution in [2.45, 2.75) is 51.9 Å². The molecule has 0 heterocycles. The van der Waals surface area contributed by atoms with Gasteiger partial charge in [-0.15, -0.1) is 0 Å². The van der Waals surface area contributed by atoms with Crippen LogP contribution < -0.4 is 10.6 Å². The molecule has 2 rings (SSSR count). The van der Waals surface area contributed by atoms with Gasteiger partial charge in [0.1, 0.15) is 0 Å². The highest BCUT2D eigenvalue weighted by atomic mass is 31.1. The van der Waals surface area contributed by atoms with Crippen LogP contribution in [-0.2, 0) is 0 Å². The number of hydrogen-bond donors (Lipinski definition) is 0. The van der Waals surface area contributed by atoms with Gasteiger partial charge in [0.2, 0.25) is 0 Å². The average molecular weight is 330 g/mol. The molecule has 0 bridgehead atoms. The summed E-state index contributed by atoms with van der Waals surface area (Å²) in [6.07, 6.45) is 0. The zero-order chi connectivity index (χ0) is 16.4. The van der Waals surface area contributed by atoms with E-state index in [0.717, 1.165) is 17.2 Å². The molecule has 2 aromatic carbocycles. The summed E-state index contributed by atoms with van der Waals surface area (Å²) in [7, 11) is 1.72. The smallest absolute Gasteiger partial charge is 0.0166 e. The van der Waals surface area contributed by atoms with Gasteiger partial charge in [-0.2, -0.15) is 0 Å². The number of hydrogen-bond acceptors (Lipinski definition) is 0. The number of benzene rings is 2. The molecule has 0 aromatic heterocycles. The second-order valence-corrected chi connectivity index (χ2v) is 12.6. The van der Waals surface area contributed by atoms with Crippen molar-refractivity contribution in [2.75, 3.05) is 0 Å². The van der Waals surface area contributed by atoms with Gasteiger partial charge in [0.15, 0.2) is 0 Å². The van der Waals surface area contributed by atoms with Crippen molar-refractivity contribution < 1.29 is 0 Å². The first kappa shape index (κ1) is 17.7. The Kier molecular flexibility index (Phi) is 5.47. The maximum atomic E-state index is 2.30. The minimum Gasteiger partial charge on any atom is -0.0849 e. The van der Waals surface area contributed by atoms with Gasteiger partial charge in [-0.25, -0.2) is 0 Å². The van der Waals surface area contributed by atoms with E-state index in [9.17, 15) is 0 Å². The third-order valence-corrected chi connectivity index (χ3v) is 5.89. The highest BCUT2D eigenvalue weighted by Gasteiger charge is 2.12. The molecule has 0 fully saturated rings. The first-order valence-corrected chi connectivity index (χ1v) is 9.89. The van der Waals surface area contributed by atoms with E-state index in [1.165, 1.54) is 21.7 Å². The molecule has 2 unspecified atom stereocenters. The van der Waals surface area contributed by atoms with E-state index in [-0.39, 0.29) is 0 Å². The molecule has 2 atom stereocenters. The Bertz CT molecular complexity index is 539. The van der Waals surface area contributed by atoms with Gasteiger partial charge >= 0.3 is 0 Å². The summed E-state index contributed by atoms with van der Waals surface area (Å²) in [6.45, 7) is 13.8. The largest absolute Gasteiger partial charge is 0.0849 e. The molecule has 22 heavy (non-hydrogen) atoms. The van der Waals surface area contributed by atoms with Crippen LogP contribution in [0.4, 0.5) is 0 Å². The van der Waals surface area contributed by atoms with Gasteiger partial charge in [0.05, 0.1) is 0 Å². The molecule has 0 radical (unpaired) electrons. The van der Waals surface area contributed by atoms with Crippen LogP contribution in [0.3, 0.4) is 0 Å². The van der Waals surface area contributed by atoms with Crippen molar-refractivity contribution in [3.8, 4) is 11.1 Å². The van der Waals surface area contributed by atoms with E-state index in [1.807, 2.05) is 0 Å². The molecule has 0 saturated carbocycles. The molecule has 2 aromatic rings. The zero-order valence-corrected chi connectivity index (χ0v) is 16.6. The summed E-state index contributed by atoms with van der Waals surface area (Å²) in [6, 6.07) is 18.2. The fraction of sp³-hybridized carbons (Fsp3) is 0.400. The minimum atomic E-state index is 0.372. The predicted molar refractivity (Wildman–Crippen MR) is 107 cm³/mol. The van der Waals surface area contributed by atoms with Crippen molar-refractivity contribution >= 4 is 27.8 Å². The molecule has 0 aliphatic heterocycles. The van der Waals surface area contributed by atoms with Crippen molar-refractivity contribution in [1.29, 1.82) is 0 Å². The van der Waals surface area contributed by atoms with Crippen LogP contribution in [0.15, 0.2) is 48.5 Å². The van der Waals surface area contributed by atoms with Crippen molar-refractivity contribution in [1.82, 2.24) is 0 Å². The second kappa shape index (κ2) is 6.82. The summed E-state index contributed by atoms with van der Waals surface area (Å²) in [5.41, 5.74) is 2.63.